The van der Waals surface area contributed by atoms with Crippen molar-refractivity contribution < 1.29 is 4.74 Å². The van der Waals surface area contributed by atoms with Gasteiger partial charge in [-0.05, 0) is 46.2 Å². The van der Waals surface area contributed by atoms with Gasteiger partial charge in [-0.25, -0.2) is 4.98 Å². The number of benzene rings is 1. The molecule has 1 N–H and O–H groups in total. The Bertz CT molecular complexity index is 558. The van der Waals surface area contributed by atoms with Crippen molar-refractivity contribution in [1.29, 1.82) is 0 Å². The van der Waals surface area contributed by atoms with Gasteiger partial charge in [0.25, 0.3) is 0 Å². The summed E-state index contributed by atoms with van der Waals surface area (Å²) in [5.41, 5.74) is 2.17. The van der Waals surface area contributed by atoms with E-state index in [1.54, 1.807) is 6.20 Å². The SMILES string of the molecule is CCNCc1cc(Br)cnc1OCc1ccc(Br)cc1. The molecule has 20 heavy (non-hydrogen) atoms. The maximum atomic E-state index is 5.83. The van der Waals surface area contributed by atoms with E-state index in [0.29, 0.717) is 12.5 Å². The van der Waals surface area contributed by atoms with Crippen LogP contribution in [0.15, 0.2) is 45.5 Å². The fourth-order valence-electron chi connectivity index (χ4n) is 1.72. The number of nitrogens with zero attached hydrogens (tertiary/aromatic N) is 1. The Morgan fingerprint density at radius 2 is 1.90 bits per heavy atom. The lowest BCUT2D eigenvalue weighted by atomic mass is 10.2. The van der Waals surface area contributed by atoms with Gasteiger partial charge in [-0.15, -0.1) is 0 Å². The van der Waals surface area contributed by atoms with E-state index in [1.165, 1.54) is 0 Å². The van der Waals surface area contributed by atoms with Crippen molar-refractivity contribution in [2.75, 3.05) is 6.54 Å². The summed E-state index contributed by atoms with van der Waals surface area (Å²) in [5, 5.41) is 3.29. The van der Waals surface area contributed by atoms with Crippen LogP contribution >= 0.6 is 31.9 Å². The molecule has 1 aromatic carbocycles. The normalized spacial score (nSPS) is 10.6. The minimum absolute atomic E-state index is 0.515. The number of halogens is 2. The molecule has 1 heterocycles. The zero-order valence-corrected chi connectivity index (χ0v) is 14.4. The molecule has 3 nitrogen and oxygen atoms in total. The van der Waals surface area contributed by atoms with Crippen LogP contribution in [0, 0.1) is 0 Å². The highest BCUT2D eigenvalue weighted by molar-refractivity contribution is 9.10. The molecule has 0 fully saturated rings. The van der Waals surface area contributed by atoms with Crippen molar-refractivity contribution in [2.24, 2.45) is 0 Å². The van der Waals surface area contributed by atoms with Gasteiger partial charge in [-0.3, -0.25) is 0 Å². The maximum Gasteiger partial charge on any atom is 0.218 e. The third-order valence-electron chi connectivity index (χ3n) is 2.75. The highest BCUT2D eigenvalue weighted by atomic mass is 79.9. The zero-order valence-electron chi connectivity index (χ0n) is 11.2. The van der Waals surface area contributed by atoms with Crippen LogP contribution in [0.3, 0.4) is 0 Å². The average Bonchev–Trinajstić information content (AvgIpc) is 2.46. The minimum Gasteiger partial charge on any atom is -0.473 e. The van der Waals surface area contributed by atoms with Crippen LogP contribution in [0.5, 0.6) is 5.88 Å². The molecule has 0 amide bonds. The summed E-state index contributed by atoms with van der Waals surface area (Å²) in [5.74, 6) is 0.678. The number of pyridine rings is 1. The van der Waals surface area contributed by atoms with Crippen LogP contribution in [0.25, 0.3) is 0 Å². The Labute approximate surface area is 136 Å². The number of nitrogens with one attached hydrogen (secondary N) is 1. The fraction of sp³-hybridized carbons (Fsp3) is 0.267. The Morgan fingerprint density at radius 1 is 1.15 bits per heavy atom. The molecule has 0 radical (unpaired) electrons. The Balaban J connectivity index is 2.06. The zero-order chi connectivity index (χ0) is 14.4. The number of hydrogen-bond acceptors (Lipinski definition) is 3. The summed E-state index contributed by atoms with van der Waals surface area (Å²) in [7, 11) is 0. The second-order valence-corrected chi connectivity index (χ2v) is 6.14. The highest BCUT2D eigenvalue weighted by Gasteiger charge is 2.06. The number of rotatable bonds is 6. The summed E-state index contributed by atoms with van der Waals surface area (Å²) in [4.78, 5) is 4.35. The monoisotopic (exact) mass is 398 g/mol. The largest absolute Gasteiger partial charge is 0.473 e. The first-order chi connectivity index (χ1) is 9.69. The highest BCUT2D eigenvalue weighted by Crippen LogP contribution is 2.21. The quantitative estimate of drug-likeness (QED) is 0.786. The molecule has 0 aliphatic carbocycles. The third-order valence-corrected chi connectivity index (χ3v) is 3.71. The minimum atomic E-state index is 0.515. The molecule has 2 rings (SSSR count). The lowest BCUT2D eigenvalue weighted by Crippen LogP contribution is -2.13. The molecule has 106 valence electrons. The Morgan fingerprint density at radius 3 is 2.60 bits per heavy atom. The van der Waals surface area contributed by atoms with E-state index in [1.807, 2.05) is 30.3 Å². The van der Waals surface area contributed by atoms with Crippen LogP contribution in [0.2, 0.25) is 0 Å². The van der Waals surface area contributed by atoms with E-state index >= 15 is 0 Å². The van der Waals surface area contributed by atoms with Crippen LogP contribution in [-0.2, 0) is 13.2 Å². The molecule has 2 aromatic rings. The summed E-state index contributed by atoms with van der Waals surface area (Å²) in [6.45, 7) is 4.26. The van der Waals surface area contributed by atoms with Crippen LogP contribution in [0.1, 0.15) is 18.1 Å². The molecular weight excluding hydrogens is 384 g/mol. The molecule has 0 aliphatic rings. The summed E-state index contributed by atoms with van der Waals surface area (Å²) >= 11 is 6.86. The van der Waals surface area contributed by atoms with Gasteiger partial charge in [0.1, 0.15) is 6.61 Å². The lowest BCUT2D eigenvalue weighted by molar-refractivity contribution is 0.289. The first-order valence-electron chi connectivity index (χ1n) is 6.41. The second-order valence-electron chi connectivity index (χ2n) is 4.31. The van der Waals surface area contributed by atoms with E-state index in [4.69, 9.17) is 4.74 Å². The van der Waals surface area contributed by atoms with Crippen molar-refractivity contribution in [3.05, 3.63) is 56.6 Å². The third kappa shape index (κ3) is 4.58. The fourth-order valence-corrected chi connectivity index (χ4v) is 2.36. The van der Waals surface area contributed by atoms with Gasteiger partial charge < -0.3 is 10.1 Å². The van der Waals surface area contributed by atoms with Gasteiger partial charge >= 0.3 is 0 Å². The molecule has 0 aliphatic heterocycles. The molecule has 0 spiro atoms. The van der Waals surface area contributed by atoms with Crippen molar-refractivity contribution in [3.63, 3.8) is 0 Å². The molecule has 0 unspecified atom stereocenters. The molecule has 0 bridgehead atoms. The first-order valence-corrected chi connectivity index (χ1v) is 8.00. The van der Waals surface area contributed by atoms with E-state index in [0.717, 1.165) is 33.2 Å². The maximum absolute atomic E-state index is 5.83. The molecular formula is C15H16Br2N2O. The van der Waals surface area contributed by atoms with Crippen molar-refractivity contribution in [2.45, 2.75) is 20.1 Å². The summed E-state index contributed by atoms with van der Waals surface area (Å²) < 4.78 is 7.85. The smallest absolute Gasteiger partial charge is 0.218 e. The Hall–Kier alpha value is -0.910. The standard InChI is InChI=1S/C15H16Br2N2O/c1-2-18-8-12-7-14(17)9-19-15(12)20-10-11-3-5-13(16)6-4-11/h3-7,9,18H,2,8,10H2,1H3. The first kappa shape index (κ1) is 15.5. The van der Waals surface area contributed by atoms with Gasteiger partial charge in [0.15, 0.2) is 0 Å². The van der Waals surface area contributed by atoms with Gasteiger partial charge in [-0.1, -0.05) is 35.0 Å². The number of hydrogen-bond donors (Lipinski definition) is 1. The van der Waals surface area contributed by atoms with Crippen LogP contribution < -0.4 is 10.1 Å². The van der Waals surface area contributed by atoms with E-state index in [-0.39, 0.29) is 0 Å². The van der Waals surface area contributed by atoms with E-state index < -0.39 is 0 Å². The van der Waals surface area contributed by atoms with E-state index in [9.17, 15) is 0 Å². The Kier molecular flexibility index (Phi) is 6.01. The second kappa shape index (κ2) is 7.76. The van der Waals surface area contributed by atoms with Crippen LogP contribution in [0.4, 0.5) is 0 Å². The van der Waals surface area contributed by atoms with Gasteiger partial charge in [0.05, 0.1) is 0 Å². The molecule has 0 saturated heterocycles. The molecule has 0 atom stereocenters. The van der Waals surface area contributed by atoms with E-state index in [2.05, 4.69) is 49.1 Å². The predicted molar refractivity (Wildman–Crippen MR) is 87.8 cm³/mol. The molecule has 0 saturated carbocycles. The number of aromatic nitrogens is 1. The van der Waals surface area contributed by atoms with Gasteiger partial charge in [0, 0.05) is 27.3 Å². The van der Waals surface area contributed by atoms with Crippen molar-refractivity contribution in [3.8, 4) is 5.88 Å². The molecule has 1 aromatic heterocycles. The van der Waals surface area contributed by atoms with Crippen molar-refractivity contribution >= 4 is 31.9 Å². The van der Waals surface area contributed by atoms with Crippen LogP contribution in [-0.4, -0.2) is 11.5 Å². The summed E-state index contributed by atoms with van der Waals surface area (Å²) in [6.07, 6.45) is 1.76. The number of ether oxygens (including phenoxy) is 1. The predicted octanol–water partition coefficient (Wildman–Crippen LogP) is 4.30. The van der Waals surface area contributed by atoms with Crippen molar-refractivity contribution in [1.82, 2.24) is 10.3 Å². The molecule has 5 heteroatoms. The topological polar surface area (TPSA) is 34.2 Å². The summed E-state index contributed by atoms with van der Waals surface area (Å²) in [6, 6.07) is 10.1. The van der Waals surface area contributed by atoms with Gasteiger partial charge in [0.2, 0.25) is 5.88 Å². The lowest BCUT2D eigenvalue weighted by Gasteiger charge is -2.11. The van der Waals surface area contributed by atoms with Gasteiger partial charge in [-0.2, -0.15) is 0 Å². The average molecular weight is 400 g/mol.